The molecular formula is C6H12OS. The van der Waals surface area contributed by atoms with E-state index in [2.05, 4.69) is 13.8 Å². The van der Waals surface area contributed by atoms with Crippen LogP contribution in [0.25, 0.3) is 0 Å². The smallest absolute Gasteiger partial charge is 0.0998 e. The first-order valence-corrected chi connectivity index (χ1v) is 3.95. The molecule has 1 rings (SSSR count). The number of aliphatic hydroxyl groups is 1. The second kappa shape index (κ2) is 1.92. The molecule has 0 spiro atoms. The number of thioether (sulfide) groups is 1. The SMILES string of the molecule is CC1(C)CSC(O)C1. The Bertz CT molecular complexity index is 90.5. The lowest BCUT2D eigenvalue weighted by atomic mass is 9.93. The molecule has 0 bridgehead atoms. The third kappa shape index (κ3) is 1.39. The minimum absolute atomic E-state index is 0.0926. The highest BCUT2D eigenvalue weighted by Crippen LogP contribution is 2.38. The van der Waals surface area contributed by atoms with Crippen molar-refractivity contribution in [1.82, 2.24) is 0 Å². The van der Waals surface area contributed by atoms with E-state index in [1.165, 1.54) is 0 Å². The molecule has 2 heteroatoms. The standard InChI is InChI=1S/C6H12OS/c1-6(2)3-5(7)8-4-6/h5,7H,3-4H2,1-2H3. The van der Waals surface area contributed by atoms with Crippen LogP contribution in [0.2, 0.25) is 0 Å². The van der Waals surface area contributed by atoms with Gasteiger partial charge in [-0.15, -0.1) is 11.8 Å². The van der Waals surface area contributed by atoms with Crippen LogP contribution in [0.3, 0.4) is 0 Å². The van der Waals surface area contributed by atoms with Crippen LogP contribution in [0.4, 0.5) is 0 Å². The monoisotopic (exact) mass is 132 g/mol. The molecule has 1 aliphatic heterocycles. The van der Waals surface area contributed by atoms with Crippen LogP contribution in [0.1, 0.15) is 20.3 Å². The summed E-state index contributed by atoms with van der Waals surface area (Å²) in [5.41, 5.74) is 0.286. The number of aliphatic hydroxyl groups excluding tert-OH is 1. The van der Waals surface area contributed by atoms with E-state index in [1.54, 1.807) is 11.8 Å². The van der Waals surface area contributed by atoms with E-state index in [0.717, 1.165) is 12.2 Å². The van der Waals surface area contributed by atoms with Crippen LogP contribution in [0.5, 0.6) is 0 Å². The Morgan fingerprint density at radius 3 is 2.38 bits per heavy atom. The van der Waals surface area contributed by atoms with Crippen molar-refractivity contribution in [3.63, 3.8) is 0 Å². The number of hydrogen-bond acceptors (Lipinski definition) is 2. The third-order valence-corrected chi connectivity index (χ3v) is 2.89. The normalized spacial score (nSPS) is 35.6. The van der Waals surface area contributed by atoms with Crippen LogP contribution < -0.4 is 0 Å². The molecule has 1 atom stereocenters. The van der Waals surface area contributed by atoms with Gasteiger partial charge in [-0.1, -0.05) is 13.8 Å². The first-order chi connectivity index (χ1) is 3.60. The zero-order valence-corrected chi connectivity index (χ0v) is 6.16. The van der Waals surface area contributed by atoms with E-state index < -0.39 is 0 Å². The Balaban J connectivity index is 2.44. The Labute approximate surface area is 54.5 Å². The Morgan fingerprint density at radius 2 is 2.25 bits per heavy atom. The summed E-state index contributed by atoms with van der Waals surface area (Å²) in [4.78, 5) is 0. The second-order valence-electron chi connectivity index (χ2n) is 3.13. The lowest BCUT2D eigenvalue weighted by molar-refractivity contribution is 0.216. The van der Waals surface area contributed by atoms with Gasteiger partial charge in [-0.05, 0) is 11.8 Å². The summed E-state index contributed by atoms with van der Waals surface area (Å²) >= 11 is 1.66. The zero-order chi connectivity index (χ0) is 6.20. The van der Waals surface area contributed by atoms with E-state index in [9.17, 15) is 0 Å². The lowest BCUT2D eigenvalue weighted by Crippen LogP contribution is -2.09. The molecular weight excluding hydrogens is 120 g/mol. The highest BCUT2D eigenvalue weighted by atomic mass is 32.2. The highest BCUT2D eigenvalue weighted by molar-refractivity contribution is 8.00. The molecule has 0 aromatic heterocycles. The van der Waals surface area contributed by atoms with Crippen molar-refractivity contribution in [3.8, 4) is 0 Å². The third-order valence-electron chi connectivity index (χ3n) is 1.39. The summed E-state index contributed by atoms with van der Waals surface area (Å²) in [6, 6.07) is 0. The summed E-state index contributed by atoms with van der Waals surface area (Å²) in [7, 11) is 0. The van der Waals surface area contributed by atoms with Gasteiger partial charge in [0, 0.05) is 5.75 Å². The maximum atomic E-state index is 9.03. The minimum Gasteiger partial charge on any atom is -0.382 e. The fourth-order valence-corrected chi connectivity index (χ4v) is 2.24. The first kappa shape index (κ1) is 6.43. The van der Waals surface area contributed by atoms with Crippen molar-refractivity contribution in [2.24, 2.45) is 5.41 Å². The largest absolute Gasteiger partial charge is 0.382 e. The summed E-state index contributed by atoms with van der Waals surface area (Å²) < 4.78 is 0. The average molecular weight is 132 g/mol. The predicted octanol–water partition coefficient (Wildman–Crippen LogP) is 1.47. The van der Waals surface area contributed by atoms with Crippen molar-refractivity contribution in [2.75, 3.05) is 5.75 Å². The molecule has 0 saturated carbocycles. The van der Waals surface area contributed by atoms with Gasteiger partial charge in [0.05, 0.1) is 5.44 Å². The van der Waals surface area contributed by atoms with Crippen molar-refractivity contribution < 1.29 is 5.11 Å². The van der Waals surface area contributed by atoms with Crippen LogP contribution >= 0.6 is 11.8 Å². The molecule has 1 aliphatic rings. The molecule has 0 amide bonds. The van der Waals surface area contributed by atoms with Gasteiger partial charge in [0.1, 0.15) is 0 Å². The van der Waals surface area contributed by atoms with Crippen LogP contribution in [-0.4, -0.2) is 16.3 Å². The molecule has 1 fully saturated rings. The van der Waals surface area contributed by atoms with E-state index in [1.807, 2.05) is 0 Å². The van der Waals surface area contributed by atoms with Crippen LogP contribution in [-0.2, 0) is 0 Å². The first-order valence-electron chi connectivity index (χ1n) is 2.90. The molecule has 48 valence electrons. The predicted molar refractivity (Wildman–Crippen MR) is 36.9 cm³/mol. The Hall–Kier alpha value is 0.310. The summed E-state index contributed by atoms with van der Waals surface area (Å²) in [6.45, 7) is 4.38. The molecule has 0 aromatic carbocycles. The van der Waals surface area contributed by atoms with E-state index >= 15 is 0 Å². The van der Waals surface area contributed by atoms with E-state index in [4.69, 9.17) is 5.11 Å². The van der Waals surface area contributed by atoms with Crippen LogP contribution in [0, 0.1) is 5.41 Å². The topological polar surface area (TPSA) is 20.2 Å². The van der Waals surface area contributed by atoms with Gasteiger partial charge in [-0.3, -0.25) is 0 Å². The average Bonchev–Trinajstić information content (AvgIpc) is 1.82. The second-order valence-corrected chi connectivity index (χ2v) is 4.30. The van der Waals surface area contributed by atoms with Crippen LogP contribution in [0.15, 0.2) is 0 Å². The molecule has 0 radical (unpaired) electrons. The van der Waals surface area contributed by atoms with Crippen molar-refractivity contribution in [2.45, 2.75) is 25.7 Å². The van der Waals surface area contributed by atoms with Crippen molar-refractivity contribution >= 4 is 11.8 Å². The van der Waals surface area contributed by atoms with Gasteiger partial charge in [-0.2, -0.15) is 0 Å². The zero-order valence-electron chi connectivity index (χ0n) is 5.35. The summed E-state index contributed by atoms with van der Waals surface area (Å²) in [5.74, 6) is 1.11. The molecule has 1 N–H and O–H groups in total. The maximum absolute atomic E-state index is 9.03. The van der Waals surface area contributed by atoms with Crippen molar-refractivity contribution in [3.05, 3.63) is 0 Å². The molecule has 1 heterocycles. The minimum atomic E-state index is -0.0926. The quantitative estimate of drug-likeness (QED) is 0.538. The van der Waals surface area contributed by atoms with E-state index in [0.29, 0.717) is 5.41 Å². The maximum Gasteiger partial charge on any atom is 0.0998 e. The highest BCUT2D eigenvalue weighted by Gasteiger charge is 2.29. The van der Waals surface area contributed by atoms with Gasteiger partial charge < -0.3 is 5.11 Å². The fourth-order valence-electron chi connectivity index (χ4n) is 0.912. The Morgan fingerprint density at radius 1 is 1.62 bits per heavy atom. The molecule has 1 nitrogen and oxygen atoms in total. The fraction of sp³-hybridized carbons (Fsp3) is 1.00. The Kier molecular flexibility index (Phi) is 1.54. The molecule has 0 aliphatic carbocycles. The molecule has 1 unspecified atom stereocenters. The van der Waals surface area contributed by atoms with Gasteiger partial charge >= 0.3 is 0 Å². The van der Waals surface area contributed by atoms with E-state index in [-0.39, 0.29) is 5.44 Å². The molecule has 1 saturated heterocycles. The van der Waals surface area contributed by atoms with Gasteiger partial charge in [0.2, 0.25) is 0 Å². The number of rotatable bonds is 0. The van der Waals surface area contributed by atoms with Gasteiger partial charge in [0.25, 0.3) is 0 Å². The number of hydrogen-bond donors (Lipinski definition) is 1. The van der Waals surface area contributed by atoms with Crippen molar-refractivity contribution in [1.29, 1.82) is 0 Å². The summed E-state index contributed by atoms with van der Waals surface area (Å²) in [5, 5.41) is 9.03. The lowest BCUT2D eigenvalue weighted by Gasteiger charge is -2.13. The van der Waals surface area contributed by atoms with Gasteiger partial charge in [-0.25, -0.2) is 0 Å². The molecule has 8 heavy (non-hydrogen) atoms. The van der Waals surface area contributed by atoms with Gasteiger partial charge in [0.15, 0.2) is 0 Å². The summed E-state index contributed by atoms with van der Waals surface area (Å²) in [6.07, 6.45) is 0.956. The molecule has 0 aromatic rings.